The fourth-order valence-electron chi connectivity index (χ4n) is 2.17. The Hall–Kier alpha value is -3.08. The summed E-state index contributed by atoms with van der Waals surface area (Å²) in [6.07, 6.45) is 3.75. The van der Waals surface area contributed by atoms with Crippen molar-refractivity contribution in [2.75, 3.05) is 11.9 Å². The smallest absolute Gasteiger partial charge is 0.227 e. The highest BCUT2D eigenvalue weighted by atomic mass is 16.5. The van der Waals surface area contributed by atoms with Crippen LogP contribution >= 0.6 is 0 Å². The predicted molar refractivity (Wildman–Crippen MR) is 89.2 cm³/mol. The molecule has 1 aromatic heterocycles. The van der Waals surface area contributed by atoms with Gasteiger partial charge in [-0.05, 0) is 24.3 Å². The Kier molecular flexibility index (Phi) is 4.69. The van der Waals surface area contributed by atoms with Gasteiger partial charge in [-0.15, -0.1) is 0 Å². The van der Waals surface area contributed by atoms with Crippen LogP contribution in [0.25, 0.3) is 11.4 Å². The first kappa shape index (κ1) is 14.8. The number of amides is 1. The van der Waals surface area contributed by atoms with Crippen molar-refractivity contribution in [3.63, 3.8) is 0 Å². The number of para-hydroxylation sites is 1. The molecule has 2 aromatic carbocycles. The number of rotatable bonds is 6. The van der Waals surface area contributed by atoms with Crippen molar-refractivity contribution in [2.45, 2.75) is 6.42 Å². The fourth-order valence-corrected chi connectivity index (χ4v) is 2.17. The Morgan fingerprint density at radius 1 is 1.13 bits per heavy atom. The second-order valence-electron chi connectivity index (χ2n) is 4.98. The lowest BCUT2D eigenvalue weighted by atomic mass is 10.2. The number of hydrogen-bond acceptors (Lipinski definition) is 3. The molecule has 0 fully saturated rings. The van der Waals surface area contributed by atoms with Gasteiger partial charge in [-0.25, -0.2) is 4.98 Å². The first-order valence-electron chi connectivity index (χ1n) is 7.39. The van der Waals surface area contributed by atoms with Crippen LogP contribution in [0, 0.1) is 0 Å². The molecule has 0 aliphatic rings. The molecule has 0 saturated carbocycles. The number of H-pyrrole nitrogens is 1. The molecule has 5 nitrogen and oxygen atoms in total. The van der Waals surface area contributed by atoms with E-state index in [2.05, 4.69) is 15.3 Å². The SMILES string of the molecule is O=C(CCOc1ccccc1)Nc1cccc(-c2ncc[nH]2)c1. The quantitative estimate of drug-likeness (QED) is 0.732. The highest BCUT2D eigenvalue weighted by molar-refractivity contribution is 5.91. The van der Waals surface area contributed by atoms with Crippen molar-refractivity contribution in [2.24, 2.45) is 0 Å². The summed E-state index contributed by atoms with van der Waals surface area (Å²) in [5, 5.41) is 2.87. The van der Waals surface area contributed by atoms with E-state index in [0.717, 1.165) is 22.8 Å². The molecular weight excluding hydrogens is 290 g/mol. The minimum atomic E-state index is -0.0856. The van der Waals surface area contributed by atoms with Crippen molar-refractivity contribution < 1.29 is 9.53 Å². The fraction of sp³-hybridized carbons (Fsp3) is 0.111. The Bertz CT molecular complexity index is 755. The normalized spacial score (nSPS) is 10.3. The van der Waals surface area contributed by atoms with Crippen molar-refractivity contribution in [3.05, 3.63) is 67.0 Å². The van der Waals surface area contributed by atoms with Gasteiger partial charge in [-0.3, -0.25) is 4.79 Å². The summed E-state index contributed by atoms with van der Waals surface area (Å²) >= 11 is 0. The second-order valence-corrected chi connectivity index (χ2v) is 4.98. The van der Waals surface area contributed by atoms with Gasteiger partial charge in [0.1, 0.15) is 11.6 Å². The number of imidazole rings is 1. The Morgan fingerprint density at radius 3 is 2.78 bits per heavy atom. The maximum Gasteiger partial charge on any atom is 0.227 e. The maximum absolute atomic E-state index is 12.0. The van der Waals surface area contributed by atoms with Crippen molar-refractivity contribution in [1.82, 2.24) is 9.97 Å². The molecule has 0 radical (unpaired) electrons. The third-order valence-electron chi connectivity index (χ3n) is 3.26. The predicted octanol–water partition coefficient (Wildman–Crippen LogP) is 3.48. The molecule has 0 bridgehead atoms. The van der Waals surface area contributed by atoms with Gasteiger partial charge in [0, 0.05) is 23.6 Å². The first-order valence-corrected chi connectivity index (χ1v) is 7.39. The summed E-state index contributed by atoms with van der Waals surface area (Å²) in [4.78, 5) is 19.2. The summed E-state index contributed by atoms with van der Waals surface area (Å²) in [7, 11) is 0. The molecule has 3 rings (SSSR count). The Labute approximate surface area is 134 Å². The van der Waals surface area contributed by atoms with Crippen LogP contribution in [-0.2, 0) is 4.79 Å². The summed E-state index contributed by atoms with van der Waals surface area (Å²) in [5.74, 6) is 1.45. The summed E-state index contributed by atoms with van der Waals surface area (Å²) in [6, 6.07) is 17.0. The molecule has 2 N–H and O–H groups in total. The third-order valence-corrected chi connectivity index (χ3v) is 3.26. The van der Waals surface area contributed by atoms with Crippen LogP contribution in [0.3, 0.4) is 0 Å². The Balaban J connectivity index is 1.53. The van der Waals surface area contributed by atoms with E-state index in [1.54, 1.807) is 12.4 Å². The van der Waals surface area contributed by atoms with E-state index in [9.17, 15) is 4.79 Å². The summed E-state index contributed by atoms with van der Waals surface area (Å²) in [5.41, 5.74) is 1.66. The largest absolute Gasteiger partial charge is 0.493 e. The molecule has 1 heterocycles. The Morgan fingerprint density at radius 2 is 2.00 bits per heavy atom. The van der Waals surface area contributed by atoms with E-state index in [-0.39, 0.29) is 5.91 Å². The number of anilines is 1. The number of carbonyl (C=O) groups excluding carboxylic acids is 1. The number of aromatic nitrogens is 2. The average molecular weight is 307 g/mol. The first-order chi connectivity index (χ1) is 11.3. The lowest BCUT2D eigenvalue weighted by molar-refractivity contribution is -0.116. The number of benzene rings is 2. The molecule has 23 heavy (non-hydrogen) atoms. The van der Waals surface area contributed by atoms with Gasteiger partial charge in [-0.2, -0.15) is 0 Å². The molecule has 0 spiro atoms. The minimum absolute atomic E-state index is 0.0856. The van der Waals surface area contributed by atoms with Crippen LogP contribution in [0.1, 0.15) is 6.42 Å². The molecule has 5 heteroatoms. The lowest BCUT2D eigenvalue weighted by Gasteiger charge is -2.08. The number of nitrogens with zero attached hydrogens (tertiary/aromatic N) is 1. The van der Waals surface area contributed by atoms with Crippen LogP contribution in [0.4, 0.5) is 5.69 Å². The minimum Gasteiger partial charge on any atom is -0.493 e. The summed E-state index contributed by atoms with van der Waals surface area (Å²) < 4.78 is 5.52. The lowest BCUT2D eigenvalue weighted by Crippen LogP contribution is -2.15. The standard InChI is InChI=1S/C18H17N3O2/c22-17(9-12-23-16-7-2-1-3-8-16)21-15-6-4-5-14(13-15)18-19-10-11-20-18/h1-8,10-11,13H,9,12H2,(H,19,20)(H,21,22). The van der Waals surface area contributed by atoms with Gasteiger partial charge in [-0.1, -0.05) is 30.3 Å². The van der Waals surface area contributed by atoms with E-state index in [0.29, 0.717) is 13.0 Å². The van der Waals surface area contributed by atoms with Gasteiger partial charge in [0.2, 0.25) is 5.91 Å². The second kappa shape index (κ2) is 7.26. The van der Waals surface area contributed by atoms with Crippen molar-refractivity contribution >= 4 is 11.6 Å². The molecule has 3 aromatic rings. The van der Waals surface area contributed by atoms with Gasteiger partial charge < -0.3 is 15.0 Å². The van der Waals surface area contributed by atoms with Crippen LogP contribution in [0.5, 0.6) is 5.75 Å². The zero-order chi connectivity index (χ0) is 15.9. The molecule has 116 valence electrons. The topological polar surface area (TPSA) is 67.0 Å². The van der Waals surface area contributed by atoms with Crippen LogP contribution in [0.2, 0.25) is 0 Å². The molecular formula is C18H17N3O2. The number of nitrogens with one attached hydrogen (secondary N) is 2. The summed E-state index contributed by atoms with van der Waals surface area (Å²) in [6.45, 7) is 0.341. The molecule has 0 saturated heterocycles. The maximum atomic E-state index is 12.0. The highest BCUT2D eigenvalue weighted by Crippen LogP contribution is 2.19. The van der Waals surface area contributed by atoms with E-state index in [1.807, 2.05) is 54.6 Å². The van der Waals surface area contributed by atoms with Gasteiger partial charge in [0.05, 0.1) is 13.0 Å². The number of carbonyl (C=O) groups is 1. The van der Waals surface area contributed by atoms with Crippen molar-refractivity contribution in [1.29, 1.82) is 0 Å². The zero-order valence-electron chi connectivity index (χ0n) is 12.5. The van der Waals surface area contributed by atoms with Crippen LogP contribution in [0.15, 0.2) is 67.0 Å². The van der Waals surface area contributed by atoms with E-state index in [1.165, 1.54) is 0 Å². The molecule has 1 amide bonds. The third kappa shape index (κ3) is 4.20. The van der Waals surface area contributed by atoms with Gasteiger partial charge in [0.25, 0.3) is 0 Å². The van der Waals surface area contributed by atoms with Crippen LogP contribution < -0.4 is 10.1 Å². The van der Waals surface area contributed by atoms with E-state index >= 15 is 0 Å². The molecule has 0 aliphatic carbocycles. The zero-order valence-corrected chi connectivity index (χ0v) is 12.5. The van der Waals surface area contributed by atoms with Gasteiger partial charge in [0.15, 0.2) is 0 Å². The van der Waals surface area contributed by atoms with E-state index < -0.39 is 0 Å². The number of hydrogen-bond donors (Lipinski definition) is 2. The number of aromatic amines is 1. The molecule has 0 aliphatic heterocycles. The molecule has 0 unspecified atom stereocenters. The van der Waals surface area contributed by atoms with Gasteiger partial charge >= 0.3 is 0 Å². The average Bonchev–Trinajstić information content (AvgIpc) is 3.11. The number of ether oxygens (including phenoxy) is 1. The highest BCUT2D eigenvalue weighted by Gasteiger charge is 2.05. The molecule has 0 atom stereocenters. The van der Waals surface area contributed by atoms with E-state index in [4.69, 9.17) is 4.74 Å². The van der Waals surface area contributed by atoms with Crippen LogP contribution in [-0.4, -0.2) is 22.5 Å². The van der Waals surface area contributed by atoms with Crippen molar-refractivity contribution in [3.8, 4) is 17.1 Å². The monoisotopic (exact) mass is 307 g/mol.